The van der Waals surface area contributed by atoms with Gasteiger partial charge in [-0.1, -0.05) is 47.5 Å². The molecule has 4 aromatic rings. The summed E-state index contributed by atoms with van der Waals surface area (Å²) in [5, 5.41) is 28.7. The molecule has 12 heteroatoms. The van der Waals surface area contributed by atoms with Crippen molar-refractivity contribution in [1.82, 2.24) is 9.97 Å². The molecule has 1 atom stereocenters. The van der Waals surface area contributed by atoms with E-state index in [0.29, 0.717) is 32.5 Å². The van der Waals surface area contributed by atoms with E-state index in [1.54, 1.807) is 68.4 Å². The van der Waals surface area contributed by atoms with Crippen molar-refractivity contribution in [2.75, 3.05) is 17.2 Å². The van der Waals surface area contributed by atoms with Gasteiger partial charge in [-0.25, -0.2) is 14.8 Å². The van der Waals surface area contributed by atoms with Crippen LogP contribution in [0.1, 0.15) is 39.9 Å². The normalized spacial score (nSPS) is 11.3. The Bertz CT molecular complexity index is 1620. The number of carbonyl (C=O) groups is 1. The Morgan fingerprint density at radius 1 is 1.10 bits per heavy atom. The number of rotatable bonds is 9. The lowest BCUT2D eigenvalue weighted by Gasteiger charge is -2.17. The number of aryl methyl sites for hydroxylation is 1. The van der Waals surface area contributed by atoms with Crippen LogP contribution in [0.15, 0.2) is 67.0 Å². The Morgan fingerprint density at radius 2 is 1.80 bits per heavy atom. The molecule has 202 valence electrons. The maximum absolute atomic E-state index is 12.1. The molecule has 0 radical (unpaired) electrons. The quantitative estimate of drug-likeness (QED) is 0.119. The zero-order chi connectivity index (χ0) is 28.8. The van der Waals surface area contributed by atoms with E-state index in [1.165, 1.54) is 12.4 Å². The highest BCUT2D eigenvalue weighted by molar-refractivity contribution is 6.32. The van der Waals surface area contributed by atoms with Crippen LogP contribution < -0.4 is 10.6 Å². The van der Waals surface area contributed by atoms with E-state index in [4.69, 9.17) is 27.9 Å². The number of ether oxygens (including phenoxy) is 1. The lowest BCUT2D eigenvalue weighted by Crippen LogP contribution is -2.08. The number of carbonyl (C=O) groups excluding carboxylic acids is 1. The van der Waals surface area contributed by atoms with Crippen LogP contribution in [0.3, 0.4) is 0 Å². The van der Waals surface area contributed by atoms with Crippen molar-refractivity contribution in [3.05, 3.63) is 109 Å². The molecule has 1 heterocycles. The van der Waals surface area contributed by atoms with Crippen LogP contribution >= 0.6 is 23.2 Å². The Balaban J connectivity index is 1.66. The predicted octanol–water partition coefficient (Wildman–Crippen LogP) is 7.32. The number of nitrogens with one attached hydrogen (secondary N) is 2. The van der Waals surface area contributed by atoms with Gasteiger partial charge >= 0.3 is 11.7 Å². The fourth-order valence-electron chi connectivity index (χ4n) is 3.98. The summed E-state index contributed by atoms with van der Waals surface area (Å²) >= 11 is 12.6. The summed E-state index contributed by atoms with van der Waals surface area (Å²) in [5.74, 6) is -1.33. The molecule has 0 spiro atoms. The number of esters is 1. The summed E-state index contributed by atoms with van der Waals surface area (Å²) in [6, 6.07) is 18.9. The van der Waals surface area contributed by atoms with Gasteiger partial charge in [-0.05, 0) is 66.9 Å². The monoisotopic (exact) mass is 576 g/mol. The van der Waals surface area contributed by atoms with Crippen LogP contribution in [0.25, 0.3) is 0 Å². The maximum atomic E-state index is 12.1. The summed E-state index contributed by atoms with van der Waals surface area (Å²) < 4.78 is 5.02. The average Bonchev–Trinajstić information content (AvgIpc) is 2.93. The van der Waals surface area contributed by atoms with Crippen molar-refractivity contribution >= 4 is 57.9 Å². The standard InChI is InChI=1S/C28H22Cl2N6O4/c1-3-40-28(37)18-5-4-6-20(12-18)34-26-25(36(38)39)27(33-15-32-26)35-24-13-23(30)21(11-16(24)2)22(14-31)17-7-9-19(29)10-8-17/h4-13,15,22H,3H2,1-2H3,(H2,32,33,34,35). The van der Waals surface area contributed by atoms with Crippen molar-refractivity contribution in [2.24, 2.45) is 0 Å². The largest absolute Gasteiger partial charge is 0.462 e. The number of benzene rings is 3. The number of halogens is 2. The first-order chi connectivity index (χ1) is 19.2. The molecule has 0 aliphatic heterocycles. The lowest BCUT2D eigenvalue weighted by molar-refractivity contribution is -0.383. The van der Waals surface area contributed by atoms with E-state index in [2.05, 4.69) is 26.7 Å². The van der Waals surface area contributed by atoms with Gasteiger partial charge in [0.25, 0.3) is 0 Å². The zero-order valence-electron chi connectivity index (χ0n) is 21.3. The summed E-state index contributed by atoms with van der Waals surface area (Å²) in [6.07, 6.45) is 1.17. The van der Waals surface area contributed by atoms with Gasteiger partial charge in [-0.2, -0.15) is 5.26 Å². The number of nitriles is 1. The lowest BCUT2D eigenvalue weighted by atomic mass is 9.91. The molecular weight excluding hydrogens is 555 g/mol. The predicted molar refractivity (Wildman–Crippen MR) is 153 cm³/mol. The van der Waals surface area contributed by atoms with Crippen LogP contribution in [0.2, 0.25) is 10.0 Å². The molecule has 1 unspecified atom stereocenters. The highest BCUT2D eigenvalue weighted by atomic mass is 35.5. The molecule has 3 aromatic carbocycles. The third-order valence-electron chi connectivity index (χ3n) is 5.88. The Labute approximate surface area is 239 Å². The van der Waals surface area contributed by atoms with Crippen molar-refractivity contribution in [1.29, 1.82) is 5.26 Å². The Kier molecular flexibility index (Phi) is 8.79. The Hall–Kier alpha value is -4.72. The molecule has 0 fully saturated rings. The molecule has 2 N–H and O–H groups in total. The van der Waals surface area contributed by atoms with E-state index in [1.807, 2.05) is 0 Å². The van der Waals surface area contributed by atoms with Gasteiger partial charge in [0.1, 0.15) is 6.33 Å². The molecule has 0 amide bonds. The third-order valence-corrected chi connectivity index (χ3v) is 6.46. The molecule has 0 bridgehead atoms. The van der Waals surface area contributed by atoms with E-state index in [-0.39, 0.29) is 23.8 Å². The summed E-state index contributed by atoms with van der Waals surface area (Å²) in [7, 11) is 0. The van der Waals surface area contributed by atoms with Crippen LogP contribution in [-0.2, 0) is 4.74 Å². The van der Waals surface area contributed by atoms with Gasteiger partial charge < -0.3 is 15.4 Å². The molecule has 0 saturated heterocycles. The minimum absolute atomic E-state index is 0.0782. The molecule has 0 aliphatic rings. The first-order valence-electron chi connectivity index (χ1n) is 12.0. The molecule has 10 nitrogen and oxygen atoms in total. The van der Waals surface area contributed by atoms with E-state index >= 15 is 0 Å². The third kappa shape index (κ3) is 6.29. The second-order valence-corrected chi connectivity index (χ2v) is 9.37. The van der Waals surface area contributed by atoms with Crippen LogP contribution in [0, 0.1) is 28.4 Å². The smallest absolute Gasteiger partial charge is 0.353 e. The average molecular weight is 577 g/mol. The number of nitro groups is 1. The highest BCUT2D eigenvalue weighted by Crippen LogP contribution is 2.38. The molecule has 0 aliphatic carbocycles. The molecule has 40 heavy (non-hydrogen) atoms. The van der Waals surface area contributed by atoms with Crippen LogP contribution in [0.4, 0.5) is 28.7 Å². The minimum atomic E-state index is -0.646. The number of nitrogens with zero attached hydrogens (tertiary/aromatic N) is 4. The van der Waals surface area contributed by atoms with Crippen molar-refractivity contribution in [3.63, 3.8) is 0 Å². The van der Waals surface area contributed by atoms with Crippen molar-refractivity contribution < 1.29 is 14.5 Å². The summed E-state index contributed by atoms with van der Waals surface area (Å²) in [4.78, 5) is 31.7. The van der Waals surface area contributed by atoms with Gasteiger partial charge in [0.15, 0.2) is 0 Å². The number of aromatic nitrogens is 2. The first kappa shape index (κ1) is 28.3. The fourth-order valence-corrected chi connectivity index (χ4v) is 4.37. The maximum Gasteiger partial charge on any atom is 0.353 e. The molecule has 0 saturated carbocycles. The van der Waals surface area contributed by atoms with Gasteiger partial charge in [0.05, 0.1) is 29.1 Å². The number of hydrogen-bond acceptors (Lipinski definition) is 9. The SMILES string of the molecule is CCOC(=O)c1cccc(Nc2ncnc(Nc3cc(Cl)c(C(C#N)c4ccc(Cl)cc4)cc3C)c2[N+](=O)[O-])c1. The number of hydrogen-bond donors (Lipinski definition) is 2. The van der Waals surface area contributed by atoms with Gasteiger partial charge in [-0.3, -0.25) is 10.1 Å². The molecule has 1 aromatic heterocycles. The highest BCUT2D eigenvalue weighted by Gasteiger charge is 2.25. The second-order valence-electron chi connectivity index (χ2n) is 8.53. The summed E-state index contributed by atoms with van der Waals surface area (Å²) in [6.45, 7) is 3.69. The van der Waals surface area contributed by atoms with E-state index in [0.717, 1.165) is 5.56 Å². The van der Waals surface area contributed by atoms with Gasteiger partial charge in [-0.15, -0.1) is 0 Å². The van der Waals surface area contributed by atoms with Crippen molar-refractivity contribution in [2.45, 2.75) is 19.8 Å². The van der Waals surface area contributed by atoms with Crippen LogP contribution in [-0.4, -0.2) is 27.5 Å². The van der Waals surface area contributed by atoms with E-state index < -0.39 is 22.5 Å². The minimum Gasteiger partial charge on any atom is -0.462 e. The topological polar surface area (TPSA) is 143 Å². The zero-order valence-corrected chi connectivity index (χ0v) is 22.8. The summed E-state index contributed by atoms with van der Waals surface area (Å²) in [5.41, 5.74) is 2.70. The van der Waals surface area contributed by atoms with Crippen molar-refractivity contribution in [3.8, 4) is 6.07 Å². The van der Waals surface area contributed by atoms with Gasteiger partial charge in [0, 0.05) is 21.4 Å². The molecular formula is C28H22Cl2N6O4. The second kappa shape index (κ2) is 12.4. The number of anilines is 4. The molecule has 4 rings (SSSR count). The van der Waals surface area contributed by atoms with Crippen LogP contribution in [0.5, 0.6) is 0 Å². The fraction of sp³-hybridized carbons (Fsp3) is 0.143. The first-order valence-corrected chi connectivity index (χ1v) is 12.7. The van der Waals surface area contributed by atoms with E-state index in [9.17, 15) is 20.2 Å². The van der Waals surface area contributed by atoms with Gasteiger partial charge in [0.2, 0.25) is 11.6 Å². The Morgan fingerprint density at radius 3 is 2.45 bits per heavy atom.